The van der Waals surface area contributed by atoms with Crippen LogP contribution in [0.1, 0.15) is 18.4 Å². The van der Waals surface area contributed by atoms with Gasteiger partial charge in [-0.3, -0.25) is 0 Å². The summed E-state index contributed by atoms with van der Waals surface area (Å²) in [5, 5.41) is 10.2. The molecule has 0 bridgehead atoms. The first kappa shape index (κ1) is 14.3. The molecule has 4 heteroatoms. The van der Waals surface area contributed by atoms with E-state index in [0.717, 1.165) is 30.3 Å². The maximum Gasteiger partial charge on any atom is 0.142 e. The van der Waals surface area contributed by atoms with Gasteiger partial charge in [0.15, 0.2) is 0 Å². The van der Waals surface area contributed by atoms with Crippen LogP contribution in [0.25, 0.3) is 10.9 Å². The van der Waals surface area contributed by atoms with Crippen molar-refractivity contribution in [2.45, 2.75) is 19.4 Å². The van der Waals surface area contributed by atoms with Gasteiger partial charge in [-0.25, -0.2) is 0 Å². The summed E-state index contributed by atoms with van der Waals surface area (Å²) >= 11 is 0. The van der Waals surface area contributed by atoms with Crippen molar-refractivity contribution in [3.63, 3.8) is 0 Å². The summed E-state index contributed by atoms with van der Waals surface area (Å²) in [6.45, 7) is 4.67. The second-order valence-electron chi connectivity index (χ2n) is 5.81. The molecule has 0 fully saturated rings. The maximum absolute atomic E-state index is 9.04. The van der Waals surface area contributed by atoms with Crippen LogP contribution in [0.2, 0.25) is 0 Å². The monoisotopic (exact) mass is 287 g/mol. The van der Waals surface area contributed by atoms with Crippen LogP contribution in [0.5, 0.6) is 0 Å². The summed E-state index contributed by atoms with van der Waals surface area (Å²) in [5.41, 5.74) is 11.9. The number of nitriles is 1. The van der Waals surface area contributed by atoms with E-state index in [9.17, 15) is 0 Å². The highest BCUT2D eigenvalue weighted by Crippen LogP contribution is 2.23. The fourth-order valence-electron chi connectivity index (χ4n) is 3.01. The fraction of sp³-hybridized carbons (Fsp3) is 0.167. The van der Waals surface area contributed by atoms with Gasteiger partial charge in [-0.2, -0.15) is 5.26 Å². The predicted octanol–water partition coefficient (Wildman–Crippen LogP) is 1.89. The summed E-state index contributed by atoms with van der Waals surface area (Å²) in [7, 11) is 2.09. The molecule has 3 nitrogen and oxygen atoms in total. The van der Waals surface area contributed by atoms with E-state index in [1.807, 2.05) is 18.2 Å². The van der Waals surface area contributed by atoms with Crippen molar-refractivity contribution in [2.24, 2.45) is 5.73 Å². The quantitative estimate of drug-likeness (QED) is 0.876. The van der Waals surface area contributed by atoms with Crippen LogP contribution in [0.15, 0.2) is 60.0 Å². The fourth-order valence-corrected chi connectivity index (χ4v) is 3.01. The third-order valence-electron chi connectivity index (χ3n) is 4.14. The van der Waals surface area contributed by atoms with Crippen LogP contribution < -0.4 is 11.2 Å². The Kier molecular flexibility index (Phi) is 3.64. The summed E-state index contributed by atoms with van der Waals surface area (Å²) in [6, 6.07) is 8.07. The zero-order valence-electron chi connectivity index (χ0n) is 12.8. The number of nitrogens with two attached hydrogens (primary N) is 1. The van der Waals surface area contributed by atoms with Gasteiger partial charge >= 0.3 is 0 Å². The molecule has 3 rings (SSSR count). The highest BCUT2D eigenvalue weighted by atomic mass is 15.0. The molecule has 0 atom stereocenters. The van der Waals surface area contributed by atoms with E-state index in [1.165, 1.54) is 16.6 Å². The van der Waals surface area contributed by atoms with Gasteiger partial charge in [0.1, 0.15) is 7.85 Å². The molecule has 0 amide bonds. The molecule has 0 unspecified atom stereocenters. The number of benzene rings is 1. The van der Waals surface area contributed by atoms with Gasteiger partial charge < -0.3 is 10.3 Å². The summed E-state index contributed by atoms with van der Waals surface area (Å²) in [4.78, 5) is 0. The second-order valence-corrected chi connectivity index (χ2v) is 5.81. The Bertz CT molecular complexity index is 862. The lowest BCUT2D eigenvalue weighted by Gasteiger charge is -2.15. The molecule has 0 radical (unpaired) electrons. The zero-order valence-corrected chi connectivity index (χ0v) is 12.8. The van der Waals surface area contributed by atoms with Crippen molar-refractivity contribution >= 4 is 24.2 Å². The average molecular weight is 287 g/mol. The molecule has 0 aliphatic heterocycles. The molecule has 1 heterocycles. The minimum atomic E-state index is 0.629. The molecular weight excluding hydrogens is 269 g/mol. The van der Waals surface area contributed by atoms with Crippen molar-refractivity contribution in [2.75, 3.05) is 0 Å². The van der Waals surface area contributed by atoms with Gasteiger partial charge in [0, 0.05) is 17.8 Å². The third kappa shape index (κ3) is 2.58. The molecule has 1 aliphatic rings. The lowest BCUT2D eigenvalue weighted by molar-refractivity contribution is 0.760. The average Bonchev–Trinajstić information content (AvgIpc) is 2.83. The lowest BCUT2D eigenvalue weighted by Crippen LogP contribution is -2.06. The van der Waals surface area contributed by atoms with Crippen molar-refractivity contribution in [3.8, 4) is 6.07 Å². The first-order chi connectivity index (χ1) is 10.6. The molecule has 1 aliphatic carbocycles. The summed E-state index contributed by atoms with van der Waals surface area (Å²) in [5.74, 6) is 0. The molecule has 0 saturated carbocycles. The number of aromatic nitrogens is 1. The van der Waals surface area contributed by atoms with Crippen molar-refractivity contribution in [3.05, 3.63) is 65.5 Å². The van der Waals surface area contributed by atoms with Gasteiger partial charge in [0.2, 0.25) is 0 Å². The minimum absolute atomic E-state index is 0.629. The molecule has 2 N–H and O–H groups in total. The topological polar surface area (TPSA) is 54.7 Å². The van der Waals surface area contributed by atoms with Crippen LogP contribution in [-0.2, 0) is 6.54 Å². The summed E-state index contributed by atoms with van der Waals surface area (Å²) in [6.07, 6.45) is 8.50. The highest BCUT2D eigenvalue weighted by molar-refractivity contribution is 6.38. The SMILES string of the molecule is Bc1cn(CC2=CC(C(=C)N)=CCC2)c2ccc(C#N)cc12. The van der Waals surface area contributed by atoms with Crippen molar-refractivity contribution in [1.82, 2.24) is 4.57 Å². The molecule has 22 heavy (non-hydrogen) atoms. The molecule has 0 saturated heterocycles. The van der Waals surface area contributed by atoms with Crippen LogP contribution >= 0.6 is 0 Å². The second kappa shape index (κ2) is 5.61. The van der Waals surface area contributed by atoms with E-state index in [2.05, 4.69) is 43.4 Å². The maximum atomic E-state index is 9.04. The van der Waals surface area contributed by atoms with Crippen LogP contribution in [0.3, 0.4) is 0 Å². The van der Waals surface area contributed by atoms with E-state index in [1.54, 1.807) is 0 Å². The normalized spacial score (nSPS) is 14.3. The van der Waals surface area contributed by atoms with Crippen molar-refractivity contribution in [1.29, 1.82) is 5.26 Å². The number of rotatable bonds is 3. The van der Waals surface area contributed by atoms with Gasteiger partial charge in [-0.15, -0.1) is 0 Å². The van der Waals surface area contributed by atoms with E-state index < -0.39 is 0 Å². The Morgan fingerprint density at radius 2 is 2.27 bits per heavy atom. The van der Waals surface area contributed by atoms with Gasteiger partial charge in [0.05, 0.1) is 11.6 Å². The molecule has 0 spiro atoms. The van der Waals surface area contributed by atoms with E-state index >= 15 is 0 Å². The Hall–Kier alpha value is -2.67. The molecule has 108 valence electrons. The van der Waals surface area contributed by atoms with E-state index in [-0.39, 0.29) is 0 Å². The third-order valence-corrected chi connectivity index (χ3v) is 4.14. The highest BCUT2D eigenvalue weighted by Gasteiger charge is 2.11. The number of nitrogens with zero attached hydrogens (tertiary/aromatic N) is 2. The molecule has 2 aromatic rings. The smallest absolute Gasteiger partial charge is 0.142 e. The number of fused-ring (bicyclic) bond motifs is 1. The first-order valence-corrected chi connectivity index (χ1v) is 7.42. The number of hydrogen-bond acceptors (Lipinski definition) is 2. The van der Waals surface area contributed by atoms with Gasteiger partial charge in [0.25, 0.3) is 0 Å². The largest absolute Gasteiger partial charge is 0.399 e. The Balaban J connectivity index is 1.97. The summed E-state index contributed by atoms with van der Waals surface area (Å²) < 4.78 is 2.25. The Morgan fingerprint density at radius 1 is 1.45 bits per heavy atom. The number of allylic oxidation sites excluding steroid dienone is 3. The minimum Gasteiger partial charge on any atom is -0.399 e. The predicted molar refractivity (Wildman–Crippen MR) is 93.6 cm³/mol. The van der Waals surface area contributed by atoms with Gasteiger partial charge in [-0.1, -0.05) is 24.2 Å². The van der Waals surface area contributed by atoms with Crippen LogP contribution in [0.4, 0.5) is 0 Å². The number of hydrogen-bond donors (Lipinski definition) is 1. The van der Waals surface area contributed by atoms with E-state index in [0.29, 0.717) is 11.3 Å². The lowest BCUT2D eigenvalue weighted by atomic mass is 9.95. The zero-order chi connectivity index (χ0) is 15.7. The molecular formula is C18H18BN3. The van der Waals surface area contributed by atoms with E-state index in [4.69, 9.17) is 11.0 Å². The Labute approximate surface area is 131 Å². The standard InChI is InChI=1S/C18H18BN3/c1-12(21)15-4-2-3-14(7-15)10-22-11-17(19)16-8-13(9-20)5-6-18(16)22/h4-8,11H,1-3,10,19,21H2. The molecule has 1 aromatic heterocycles. The van der Waals surface area contributed by atoms with Crippen LogP contribution in [0, 0.1) is 11.3 Å². The Morgan fingerprint density at radius 3 is 3.00 bits per heavy atom. The van der Waals surface area contributed by atoms with Crippen molar-refractivity contribution < 1.29 is 0 Å². The first-order valence-electron chi connectivity index (χ1n) is 7.42. The van der Waals surface area contributed by atoms with Gasteiger partial charge in [-0.05, 0) is 53.8 Å². The van der Waals surface area contributed by atoms with Crippen LogP contribution in [-0.4, -0.2) is 12.4 Å². The molecule has 1 aromatic carbocycles.